The summed E-state index contributed by atoms with van der Waals surface area (Å²) < 4.78 is 25.7. The molecule has 0 amide bonds. The Morgan fingerprint density at radius 3 is 1.59 bits per heavy atom. The SMILES string of the molecule is C[C@H]1CCCCCCCCCC[C@@H](OCc2ccccc2)[C@H](OCc2ccccc2)C(OCc2ccccc2)/C=C/C(=O)O1. The third-order valence-electron chi connectivity index (χ3n) is 8.16. The number of rotatable bonds is 9. The van der Waals surface area contributed by atoms with E-state index in [9.17, 15) is 4.79 Å². The average Bonchev–Trinajstić information content (AvgIpc) is 3.05. The van der Waals surface area contributed by atoms with Crippen molar-refractivity contribution in [2.45, 2.75) is 115 Å². The minimum absolute atomic E-state index is 0.123. The highest BCUT2D eigenvalue weighted by atomic mass is 16.6. The normalized spacial score (nSPS) is 23.6. The molecule has 44 heavy (non-hydrogen) atoms. The summed E-state index contributed by atoms with van der Waals surface area (Å²) in [5.74, 6) is -0.351. The second-order valence-electron chi connectivity index (χ2n) is 11.9. The van der Waals surface area contributed by atoms with Crippen molar-refractivity contribution in [1.29, 1.82) is 0 Å². The summed E-state index contributed by atoms with van der Waals surface area (Å²) in [6, 6.07) is 30.5. The number of carbonyl (C=O) groups excluding carboxylic acids is 1. The smallest absolute Gasteiger partial charge is 0.330 e. The van der Waals surface area contributed by atoms with E-state index in [2.05, 4.69) is 24.3 Å². The Morgan fingerprint density at radius 1 is 0.591 bits per heavy atom. The first-order chi connectivity index (χ1) is 21.7. The van der Waals surface area contributed by atoms with Gasteiger partial charge in [-0.2, -0.15) is 0 Å². The molecule has 0 fully saturated rings. The van der Waals surface area contributed by atoms with Crippen molar-refractivity contribution in [3.05, 3.63) is 120 Å². The largest absolute Gasteiger partial charge is 0.460 e. The van der Waals surface area contributed by atoms with Crippen molar-refractivity contribution in [2.75, 3.05) is 0 Å². The predicted molar refractivity (Wildman–Crippen MR) is 176 cm³/mol. The molecule has 3 aromatic rings. The summed E-state index contributed by atoms with van der Waals surface area (Å²) in [6.45, 7) is 3.26. The maximum absolute atomic E-state index is 12.9. The molecule has 5 nitrogen and oxygen atoms in total. The molecule has 0 aliphatic carbocycles. The van der Waals surface area contributed by atoms with Crippen LogP contribution in [-0.2, 0) is 43.6 Å². The van der Waals surface area contributed by atoms with Crippen LogP contribution in [-0.4, -0.2) is 30.4 Å². The number of carbonyl (C=O) groups is 1. The molecule has 4 rings (SSSR count). The van der Waals surface area contributed by atoms with Crippen molar-refractivity contribution in [2.24, 2.45) is 0 Å². The van der Waals surface area contributed by atoms with Crippen LogP contribution in [0, 0.1) is 0 Å². The molecule has 0 saturated carbocycles. The lowest BCUT2D eigenvalue weighted by molar-refractivity contribution is -0.144. The van der Waals surface area contributed by atoms with Gasteiger partial charge in [0.2, 0.25) is 0 Å². The first-order valence-corrected chi connectivity index (χ1v) is 16.5. The molecule has 0 saturated heterocycles. The van der Waals surface area contributed by atoms with E-state index in [1.165, 1.54) is 38.2 Å². The highest BCUT2D eigenvalue weighted by Gasteiger charge is 2.31. The van der Waals surface area contributed by atoms with E-state index in [0.717, 1.165) is 48.8 Å². The molecule has 1 unspecified atom stereocenters. The zero-order valence-corrected chi connectivity index (χ0v) is 26.4. The molecule has 3 aromatic carbocycles. The van der Waals surface area contributed by atoms with Gasteiger partial charge in [-0.05, 0) is 49.0 Å². The van der Waals surface area contributed by atoms with Crippen molar-refractivity contribution >= 4 is 5.97 Å². The highest BCUT2D eigenvalue weighted by Crippen LogP contribution is 2.24. The summed E-state index contributed by atoms with van der Waals surface area (Å²) in [7, 11) is 0. The Bertz CT molecular complexity index is 1200. The fourth-order valence-corrected chi connectivity index (χ4v) is 5.63. The van der Waals surface area contributed by atoms with Crippen LogP contribution in [0.1, 0.15) is 87.8 Å². The van der Waals surface area contributed by atoms with Crippen LogP contribution in [0.2, 0.25) is 0 Å². The molecular weight excluding hydrogens is 548 g/mol. The summed E-state index contributed by atoms with van der Waals surface area (Å²) >= 11 is 0. The standard InChI is InChI=1S/C39H50O5/c1-32-19-11-6-4-2-3-5-7-18-26-36(41-29-33-20-12-8-13-21-33)39(43-31-35-24-16-10-17-25-35)37(27-28-38(40)44-32)42-30-34-22-14-9-15-23-34/h8-10,12-17,20-25,27-28,32,36-37,39H,2-7,11,18-19,26,29-31H2,1H3/b28-27+/t32-,36+,37?,39-/m0/s1. The number of ether oxygens (including phenoxy) is 4. The lowest BCUT2D eigenvalue weighted by Gasteiger charge is -2.33. The Morgan fingerprint density at radius 2 is 1.05 bits per heavy atom. The van der Waals surface area contributed by atoms with Gasteiger partial charge in [0.05, 0.1) is 32.0 Å². The quantitative estimate of drug-likeness (QED) is 0.230. The van der Waals surface area contributed by atoms with Crippen molar-refractivity contribution in [3.8, 4) is 0 Å². The van der Waals surface area contributed by atoms with E-state index in [1.807, 2.05) is 79.7 Å². The van der Waals surface area contributed by atoms with Gasteiger partial charge in [0.15, 0.2) is 0 Å². The minimum Gasteiger partial charge on any atom is -0.460 e. The Hall–Kier alpha value is -3.25. The Labute approximate surface area is 264 Å². The number of hydrogen-bond donors (Lipinski definition) is 0. The maximum atomic E-state index is 12.9. The van der Waals surface area contributed by atoms with Gasteiger partial charge in [0, 0.05) is 6.08 Å². The van der Waals surface area contributed by atoms with E-state index in [4.69, 9.17) is 18.9 Å². The second-order valence-corrected chi connectivity index (χ2v) is 11.9. The third-order valence-corrected chi connectivity index (χ3v) is 8.16. The lowest BCUT2D eigenvalue weighted by Crippen LogP contribution is -2.42. The van der Waals surface area contributed by atoms with Gasteiger partial charge in [-0.15, -0.1) is 0 Å². The molecule has 1 heterocycles. The first-order valence-electron chi connectivity index (χ1n) is 16.5. The van der Waals surface area contributed by atoms with Gasteiger partial charge in [-0.1, -0.05) is 136 Å². The molecule has 0 N–H and O–H groups in total. The number of benzene rings is 3. The summed E-state index contributed by atoms with van der Waals surface area (Å²) in [4.78, 5) is 12.9. The van der Waals surface area contributed by atoms with Crippen LogP contribution in [0.15, 0.2) is 103 Å². The van der Waals surface area contributed by atoms with E-state index in [1.54, 1.807) is 0 Å². The van der Waals surface area contributed by atoms with Gasteiger partial charge in [0.25, 0.3) is 0 Å². The van der Waals surface area contributed by atoms with Gasteiger partial charge in [-0.25, -0.2) is 4.79 Å². The number of hydrogen-bond acceptors (Lipinski definition) is 5. The zero-order valence-electron chi connectivity index (χ0n) is 26.4. The van der Waals surface area contributed by atoms with Crippen molar-refractivity contribution in [1.82, 2.24) is 0 Å². The molecule has 0 spiro atoms. The highest BCUT2D eigenvalue weighted by molar-refractivity contribution is 5.82. The van der Waals surface area contributed by atoms with E-state index >= 15 is 0 Å². The summed E-state index contributed by atoms with van der Waals surface area (Å²) in [6.07, 6.45) is 13.1. The van der Waals surface area contributed by atoms with Gasteiger partial charge < -0.3 is 18.9 Å². The van der Waals surface area contributed by atoms with Crippen molar-refractivity contribution in [3.63, 3.8) is 0 Å². The minimum atomic E-state index is -0.526. The van der Waals surface area contributed by atoms with Crippen molar-refractivity contribution < 1.29 is 23.7 Å². The summed E-state index contributed by atoms with van der Waals surface area (Å²) in [5, 5.41) is 0. The molecular formula is C39H50O5. The molecule has 0 bridgehead atoms. The predicted octanol–water partition coefficient (Wildman–Crippen LogP) is 9.15. The second kappa shape index (κ2) is 19.9. The summed E-state index contributed by atoms with van der Waals surface area (Å²) in [5.41, 5.74) is 3.25. The van der Waals surface area contributed by atoms with Crippen LogP contribution in [0.5, 0.6) is 0 Å². The molecule has 236 valence electrons. The maximum Gasteiger partial charge on any atom is 0.330 e. The van der Waals surface area contributed by atoms with Crippen LogP contribution < -0.4 is 0 Å². The van der Waals surface area contributed by atoms with Crippen LogP contribution in [0.3, 0.4) is 0 Å². The Balaban J connectivity index is 1.62. The third kappa shape index (κ3) is 12.8. The van der Waals surface area contributed by atoms with Gasteiger partial charge >= 0.3 is 5.97 Å². The molecule has 0 aromatic heterocycles. The molecule has 1 aliphatic rings. The topological polar surface area (TPSA) is 54.0 Å². The zero-order chi connectivity index (χ0) is 30.7. The fraction of sp³-hybridized carbons (Fsp3) is 0.462. The number of esters is 1. The van der Waals surface area contributed by atoms with Gasteiger partial charge in [0.1, 0.15) is 12.2 Å². The van der Waals surface area contributed by atoms with Crippen LogP contribution in [0.4, 0.5) is 0 Å². The monoisotopic (exact) mass is 598 g/mol. The number of cyclic esters (lactones) is 1. The van der Waals surface area contributed by atoms with E-state index in [0.29, 0.717) is 19.8 Å². The molecule has 0 radical (unpaired) electrons. The van der Waals surface area contributed by atoms with Gasteiger partial charge in [-0.3, -0.25) is 0 Å². The van der Waals surface area contributed by atoms with E-state index < -0.39 is 12.2 Å². The Kier molecular flexibility index (Phi) is 15.2. The molecule has 1 aliphatic heterocycles. The lowest BCUT2D eigenvalue weighted by atomic mass is 9.99. The first kappa shape index (κ1) is 33.6. The molecule has 5 heteroatoms. The molecule has 4 atom stereocenters. The van der Waals surface area contributed by atoms with Crippen LogP contribution >= 0.6 is 0 Å². The average molecular weight is 599 g/mol. The van der Waals surface area contributed by atoms with Crippen LogP contribution in [0.25, 0.3) is 0 Å². The van der Waals surface area contributed by atoms with E-state index in [-0.39, 0.29) is 18.2 Å². The fourth-order valence-electron chi connectivity index (χ4n) is 5.63.